The van der Waals surface area contributed by atoms with Crippen LogP contribution in [0.3, 0.4) is 0 Å². The molecule has 9 heteroatoms. The first kappa shape index (κ1) is 20.8. The van der Waals surface area contributed by atoms with Crippen LogP contribution in [-0.4, -0.2) is 63.0 Å². The lowest BCUT2D eigenvalue weighted by molar-refractivity contribution is -0.384. The molecule has 1 unspecified atom stereocenters. The van der Waals surface area contributed by atoms with Gasteiger partial charge in [-0.3, -0.25) is 24.7 Å². The van der Waals surface area contributed by atoms with Crippen LogP contribution in [0.4, 0.5) is 5.69 Å². The predicted octanol–water partition coefficient (Wildman–Crippen LogP) is 2.38. The first-order chi connectivity index (χ1) is 13.9. The van der Waals surface area contributed by atoms with Crippen LogP contribution in [0.15, 0.2) is 53.6 Å². The van der Waals surface area contributed by atoms with Crippen molar-refractivity contribution in [3.05, 3.63) is 64.5 Å². The van der Waals surface area contributed by atoms with Gasteiger partial charge in [0.25, 0.3) is 5.69 Å². The van der Waals surface area contributed by atoms with E-state index in [2.05, 4.69) is 4.98 Å². The van der Waals surface area contributed by atoms with Crippen LogP contribution in [0.25, 0.3) is 0 Å². The number of nitro benzene ring substituents is 1. The number of carbonyl (C=O) groups is 2. The summed E-state index contributed by atoms with van der Waals surface area (Å²) < 4.78 is 0. The highest BCUT2D eigenvalue weighted by molar-refractivity contribution is 8.00. The largest absolute Gasteiger partial charge is 0.339 e. The molecule has 0 saturated carbocycles. The van der Waals surface area contributed by atoms with E-state index in [9.17, 15) is 19.7 Å². The molecular weight excluding hydrogens is 392 g/mol. The molecule has 2 amide bonds. The normalized spacial score (nSPS) is 15.1. The first-order valence-corrected chi connectivity index (χ1v) is 10.2. The number of non-ortho nitro benzene ring substituents is 1. The molecule has 0 aliphatic carbocycles. The minimum Gasteiger partial charge on any atom is -0.339 e. The van der Waals surface area contributed by atoms with Gasteiger partial charge in [-0.25, -0.2) is 0 Å². The minimum absolute atomic E-state index is 0.00479. The number of amides is 2. The van der Waals surface area contributed by atoms with Gasteiger partial charge in [0.1, 0.15) is 0 Å². The van der Waals surface area contributed by atoms with E-state index in [-0.39, 0.29) is 29.2 Å². The molecule has 2 aromatic rings. The highest BCUT2D eigenvalue weighted by atomic mass is 32.2. The van der Waals surface area contributed by atoms with Crippen molar-refractivity contribution in [3.63, 3.8) is 0 Å². The number of benzene rings is 1. The third-order valence-corrected chi connectivity index (χ3v) is 5.81. The van der Waals surface area contributed by atoms with Crippen molar-refractivity contribution in [2.24, 2.45) is 0 Å². The van der Waals surface area contributed by atoms with Gasteiger partial charge in [0.15, 0.2) is 0 Å². The average Bonchev–Trinajstić information content (AvgIpc) is 2.74. The Morgan fingerprint density at radius 1 is 1.10 bits per heavy atom. The van der Waals surface area contributed by atoms with Crippen LogP contribution in [0.5, 0.6) is 0 Å². The summed E-state index contributed by atoms with van der Waals surface area (Å²) in [4.78, 5) is 44.0. The second-order valence-corrected chi connectivity index (χ2v) is 8.13. The number of hydrogen-bond acceptors (Lipinski definition) is 6. The second kappa shape index (κ2) is 9.51. The van der Waals surface area contributed by atoms with Gasteiger partial charge in [-0.1, -0.05) is 6.07 Å². The maximum atomic E-state index is 12.7. The number of hydrogen-bond donors (Lipinski definition) is 0. The van der Waals surface area contributed by atoms with E-state index in [0.717, 1.165) is 10.6 Å². The molecule has 0 spiro atoms. The number of thioether (sulfide) groups is 1. The number of nitro groups is 1. The number of aromatic nitrogens is 1. The molecule has 152 valence electrons. The predicted molar refractivity (Wildman–Crippen MR) is 110 cm³/mol. The van der Waals surface area contributed by atoms with E-state index >= 15 is 0 Å². The highest BCUT2D eigenvalue weighted by Gasteiger charge is 2.27. The van der Waals surface area contributed by atoms with Crippen LogP contribution >= 0.6 is 11.8 Å². The quantitative estimate of drug-likeness (QED) is 0.409. The molecule has 8 nitrogen and oxygen atoms in total. The van der Waals surface area contributed by atoms with E-state index < -0.39 is 4.92 Å². The smallest absolute Gasteiger partial charge is 0.269 e. The van der Waals surface area contributed by atoms with E-state index in [1.807, 2.05) is 25.1 Å². The van der Waals surface area contributed by atoms with Crippen molar-refractivity contribution in [1.29, 1.82) is 0 Å². The molecule has 29 heavy (non-hydrogen) atoms. The van der Waals surface area contributed by atoms with Crippen molar-refractivity contribution in [2.75, 3.05) is 26.2 Å². The number of nitrogens with zero attached hydrogens (tertiary/aromatic N) is 4. The second-order valence-electron chi connectivity index (χ2n) is 6.72. The summed E-state index contributed by atoms with van der Waals surface area (Å²) in [5, 5.41) is 10.4. The zero-order chi connectivity index (χ0) is 20.8. The molecule has 0 bridgehead atoms. The van der Waals surface area contributed by atoms with E-state index in [1.54, 1.807) is 28.1 Å². The Labute approximate surface area is 173 Å². The zero-order valence-corrected chi connectivity index (χ0v) is 16.9. The molecule has 0 N–H and O–H groups in total. The SMILES string of the molecule is CC(Sc1ccc([N+](=O)[O-])cc1)C(=O)N1CCN(C(=O)Cc2ccccn2)CC1. The van der Waals surface area contributed by atoms with E-state index in [0.29, 0.717) is 26.2 Å². The number of carbonyl (C=O) groups excluding carboxylic acids is 2. The Bertz CT molecular complexity index is 868. The summed E-state index contributed by atoms with van der Waals surface area (Å²) in [5.41, 5.74) is 0.768. The van der Waals surface area contributed by atoms with Gasteiger partial charge >= 0.3 is 0 Å². The topological polar surface area (TPSA) is 96.6 Å². The summed E-state index contributed by atoms with van der Waals surface area (Å²) in [6.07, 6.45) is 1.93. The molecule has 2 heterocycles. The third kappa shape index (κ3) is 5.54. The molecule has 1 aliphatic heterocycles. The molecule has 1 atom stereocenters. The first-order valence-electron chi connectivity index (χ1n) is 9.31. The van der Waals surface area contributed by atoms with Gasteiger partial charge in [-0.05, 0) is 31.2 Å². The lowest BCUT2D eigenvalue weighted by Crippen LogP contribution is -2.52. The fourth-order valence-corrected chi connectivity index (χ4v) is 4.06. The number of rotatable bonds is 6. The standard InChI is InChI=1S/C20H22N4O4S/c1-15(29-18-7-5-17(6-8-18)24(27)28)20(26)23-12-10-22(11-13-23)19(25)14-16-4-2-3-9-21-16/h2-9,15H,10-14H2,1H3. The van der Waals surface area contributed by atoms with Crippen molar-refractivity contribution in [2.45, 2.75) is 23.5 Å². The molecule has 0 radical (unpaired) electrons. The van der Waals surface area contributed by atoms with Gasteiger partial charge < -0.3 is 9.80 Å². The lowest BCUT2D eigenvalue weighted by atomic mass is 10.2. The van der Waals surface area contributed by atoms with Crippen LogP contribution in [0, 0.1) is 10.1 Å². The lowest BCUT2D eigenvalue weighted by Gasteiger charge is -2.36. The number of pyridine rings is 1. The molecule has 1 aromatic carbocycles. The maximum Gasteiger partial charge on any atom is 0.269 e. The fraction of sp³-hybridized carbons (Fsp3) is 0.350. The van der Waals surface area contributed by atoms with Crippen LogP contribution in [-0.2, 0) is 16.0 Å². The van der Waals surface area contributed by atoms with Gasteiger partial charge in [0.05, 0.1) is 16.6 Å². The van der Waals surface area contributed by atoms with E-state index in [1.165, 1.54) is 23.9 Å². The Balaban J connectivity index is 1.48. The average molecular weight is 414 g/mol. The summed E-state index contributed by atoms with van der Waals surface area (Å²) >= 11 is 1.37. The maximum absolute atomic E-state index is 12.7. The van der Waals surface area contributed by atoms with Crippen LogP contribution < -0.4 is 0 Å². The van der Waals surface area contributed by atoms with Gasteiger partial charge in [0.2, 0.25) is 11.8 Å². The highest BCUT2D eigenvalue weighted by Crippen LogP contribution is 2.26. The minimum atomic E-state index is -0.447. The van der Waals surface area contributed by atoms with Crippen LogP contribution in [0.2, 0.25) is 0 Å². The summed E-state index contributed by atoms with van der Waals surface area (Å²) in [7, 11) is 0. The molecular formula is C20H22N4O4S. The van der Waals surface area contributed by atoms with E-state index in [4.69, 9.17) is 0 Å². The van der Waals surface area contributed by atoms with Gasteiger partial charge in [0, 0.05) is 55.1 Å². The summed E-state index contributed by atoms with van der Waals surface area (Å²) in [6, 6.07) is 11.7. The Morgan fingerprint density at radius 3 is 2.34 bits per heavy atom. The fourth-order valence-electron chi connectivity index (χ4n) is 3.10. The zero-order valence-electron chi connectivity index (χ0n) is 16.1. The van der Waals surface area contributed by atoms with Crippen molar-refractivity contribution >= 4 is 29.3 Å². The molecule has 1 aromatic heterocycles. The van der Waals surface area contributed by atoms with Crippen molar-refractivity contribution in [1.82, 2.24) is 14.8 Å². The Morgan fingerprint density at radius 2 is 1.76 bits per heavy atom. The molecule has 1 saturated heterocycles. The molecule has 3 rings (SSSR count). The Kier molecular flexibility index (Phi) is 6.82. The monoisotopic (exact) mass is 414 g/mol. The van der Waals surface area contributed by atoms with Gasteiger partial charge in [-0.2, -0.15) is 0 Å². The van der Waals surface area contributed by atoms with Crippen LogP contribution in [0.1, 0.15) is 12.6 Å². The number of piperazine rings is 1. The van der Waals surface area contributed by atoms with Gasteiger partial charge in [-0.15, -0.1) is 11.8 Å². The third-order valence-electron chi connectivity index (χ3n) is 4.71. The molecule has 1 aliphatic rings. The summed E-state index contributed by atoms with van der Waals surface area (Å²) in [6.45, 7) is 3.83. The Hall–Kier alpha value is -2.94. The molecule has 1 fully saturated rings. The van der Waals surface area contributed by atoms with Crippen molar-refractivity contribution < 1.29 is 14.5 Å². The van der Waals surface area contributed by atoms with Crippen molar-refractivity contribution in [3.8, 4) is 0 Å². The summed E-state index contributed by atoms with van der Waals surface area (Å²) in [5.74, 6) is 0.0225.